The van der Waals surface area contributed by atoms with E-state index in [1.54, 1.807) is 16.8 Å². The smallest absolute Gasteiger partial charge is 0.255 e. The first-order valence-corrected chi connectivity index (χ1v) is 9.26. The van der Waals surface area contributed by atoms with Gasteiger partial charge in [0.25, 0.3) is 5.56 Å². The normalized spacial score (nSPS) is 13.9. The fourth-order valence-corrected chi connectivity index (χ4v) is 3.48. The predicted octanol–water partition coefficient (Wildman–Crippen LogP) is 3.62. The lowest BCUT2D eigenvalue weighted by atomic mass is 10.1. The molecule has 1 saturated heterocycles. The van der Waals surface area contributed by atoms with Crippen LogP contribution in [-0.2, 0) is 12.8 Å². The van der Waals surface area contributed by atoms with E-state index in [0.717, 1.165) is 43.0 Å². The van der Waals surface area contributed by atoms with E-state index in [9.17, 15) is 4.79 Å². The Balaban J connectivity index is 1.48. The molecule has 132 valence electrons. The minimum absolute atomic E-state index is 0.00807. The summed E-state index contributed by atoms with van der Waals surface area (Å²) in [6.07, 6.45) is 7.91. The molecule has 2 aromatic heterocycles. The van der Waals surface area contributed by atoms with Gasteiger partial charge < -0.3 is 4.90 Å². The molecular weight excluding hydrogens is 322 g/mol. The van der Waals surface area contributed by atoms with Crippen molar-refractivity contribution >= 4 is 5.82 Å². The molecule has 0 radical (unpaired) electrons. The summed E-state index contributed by atoms with van der Waals surface area (Å²) in [5.41, 5.74) is 3.16. The van der Waals surface area contributed by atoms with Crippen LogP contribution in [0.2, 0.25) is 0 Å². The number of aromatic nitrogens is 2. The molecule has 0 aliphatic carbocycles. The summed E-state index contributed by atoms with van der Waals surface area (Å²) in [4.78, 5) is 19.4. The van der Waals surface area contributed by atoms with E-state index >= 15 is 0 Å². The van der Waals surface area contributed by atoms with Crippen molar-refractivity contribution in [2.45, 2.75) is 25.7 Å². The van der Waals surface area contributed by atoms with Crippen molar-refractivity contribution in [1.82, 2.24) is 9.55 Å². The maximum atomic E-state index is 12.5. The maximum absolute atomic E-state index is 12.5. The number of benzene rings is 1. The topological polar surface area (TPSA) is 38.1 Å². The molecule has 4 heteroatoms. The van der Waals surface area contributed by atoms with Crippen molar-refractivity contribution in [2.75, 3.05) is 18.0 Å². The first-order valence-electron chi connectivity index (χ1n) is 9.26. The summed E-state index contributed by atoms with van der Waals surface area (Å²) < 4.78 is 1.66. The second-order valence-electron chi connectivity index (χ2n) is 6.80. The molecule has 4 nitrogen and oxygen atoms in total. The van der Waals surface area contributed by atoms with Crippen LogP contribution in [0, 0.1) is 0 Å². The number of hydrogen-bond donors (Lipinski definition) is 0. The summed E-state index contributed by atoms with van der Waals surface area (Å²) in [5, 5.41) is 0. The molecule has 3 aromatic rings. The first kappa shape index (κ1) is 16.6. The molecule has 3 heterocycles. The third-order valence-corrected chi connectivity index (χ3v) is 4.97. The largest absolute Gasteiger partial charge is 0.357 e. The van der Waals surface area contributed by atoms with Crippen molar-refractivity contribution in [3.05, 3.63) is 88.5 Å². The minimum atomic E-state index is -0.00807. The Morgan fingerprint density at radius 2 is 1.65 bits per heavy atom. The molecule has 1 aromatic carbocycles. The van der Waals surface area contributed by atoms with Crippen molar-refractivity contribution in [2.24, 2.45) is 0 Å². The summed E-state index contributed by atoms with van der Waals surface area (Å²) in [5.74, 6) is 0.999. The molecule has 0 unspecified atom stereocenters. The Labute approximate surface area is 153 Å². The van der Waals surface area contributed by atoms with E-state index in [-0.39, 0.29) is 5.56 Å². The highest BCUT2D eigenvalue weighted by Crippen LogP contribution is 2.18. The molecule has 26 heavy (non-hydrogen) atoms. The van der Waals surface area contributed by atoms with Crippen LogP contribution in [0.15, 0.2) is 71.8 Å². The molecule has 0 amide bonds. The summed E-state index contributed by atoms with van der Waals surface area (Å²) in [7, 11) is 0. The maximum Gasteiger partial charge on any atom is 0.255 e. The zero-order valence-electron chi connectivity index (χ0n) is 14.8. The number of rotatable bonds is 5. The van der Waals surface area contributed by atoms with Crippen LogP contribution < -0.4 is 10.5 Å². The lowest BCUT2D eigenvalue weighted by molar-refractivity contribution is 0.907. The SMILES string of the molecule is O=c1cc(CCc2ccccc2)ccn1-c1ccc(N2CCCC2)nc1. The van der Waals surface area contributed by atoms with Crippen LogP contribution in [0.3, 0.4) is 0 Å². The van der Waals surface area contributed by atoms with Gasteiger partial charge in [-0.15, -0.1) is 0 Å². The van der Waals surface area contributed by atoms with Gasteiger partial charge in [-0.25, -0.2) is 4.98 Å². The predicted molar refractivity (Wildman–Crippen MR) is 105 cm³/mol. The van der Waals surface area contributed by atoms with E-state index < -0.39 is 0 Å². The number of pyridine rings is 2. The van der Waals surface area contributed by atoms with Gasteiger partial charge in [0.05, 0.1) is 11.9 Å². The lowest BCUT2D eigenvalue weighted by Crippen LogP contribution is -2.20. The van der Waals surface area contributed by atoms with E-state index in [4.69, 9.17) is 0 Å². The third-order valence-electron chi connectivity index (χ3n) is 4.97. The number of nitrogens with zero attached hydrogens (tertiary/aromatic N) is 3. The average molecular weight is 345 g/mol. The third kappa shape index (κ3) is 3.69. The van der Waals surface area contributed by atoms with Gasteiger partial charge in [0.15, 0.2) is 0 Å². The number of aryl methyl sites for hydroxylation is 2. The second-order valence-corrected chi connectivity index (χ2v) is 6.80. The highest BCUT2D eigenvalue weighted by atomic mass is 16.1. The van der Waals surface area contributed by atoms with Gasteiger partial charge in [0.1, 0.15) is 5.82 Å². The fourth-order valence-electron chi connectivity index (χ4n) is 3.48. The van der Waals surface area contributed by atoms with E-state index in [0.29, 0.717) is 0 Å². The van der Waals surface area contributed by atoms with Gasteiger partial charge in [-0.2, -0.15) is 0 Å². The van der Waals surface area contributed by atoms with Crippen LogP contribution in [0.25, 0.3) is 5.69 Å². The molecule has 1 aliphatic rings. The van der Waals surface area contributed by atoms with Crippen molar-refractivity contribution in [1.29, 1.82) is 0 Å². The van der Waals surface area contributed by atoms with Gasteiger partial charge in [-0.1, -0.05) is 30.3 Å². The Morgan fingerprint density at radius 1 is 0.885 bits per heavy atom. The van der Waals surface area contributed by atoms with Gasteiger partial charge in [0, 0.05) is 25.4 Å². The summed E-state index contributed by atoms with van der Waals surface area (Å²) in [6, 6.07) is 18.1. The summed E-state index contributed by atoms with van der Waals surface area (Å²) >= 11 is 0. The van der Waals surface area contributed by atoms with E-state index in [1.165, 1.54) is 18.4 Å². The zero-order chi connectivity index (χ0) is 17.8. The lowest BCUT2D eigenvalue weighted by Gasteiger charge is -2.16. The molecule has 4 rings (SSSR count). The van der Waals surface area contributed by atoms with Crippen LogP contribution in [0.5, 0.6) is 0 Å². The Bertz CT molecular complexity index is 910. The van der Waals surface area contributed by atoms with Crippen LogP contribution in [0.1, 0.15) is 24.0 Å². The quantitative estimate of drug-likeness (QED) is 0.709. The van der Waals surface area contributed by atoms with Crippen LogP contribution in [0.4, 0.5) is 5.82 Å². The Hall–Kier alpha value is -2.88. The van der Waals surface area contributed by atoms with Crippen molar-refractivity contribution in [3.8, 4) is 5.69 Å². The molecule has 1 aliphatic heterocycles. The highest BCUT2D eigenvalue weighted by Gasteiger charge is 2.13. The zero-order valence-corrected chi connectivity index (χ0v) is 14.8. The Morgan fingerprint density at radius 3 is 2.35 bits per heavy atom. The fraction of sp³-hybridized carbons (Fsp3) is 0.273. The molecule has 1 fully saturated rings. The van der Waals surface area contributed by atoms with E-state index in [2.05, 4.69) is 22.0 Å². The van der Waals surface area contributed by atoms with Crippen molar-refractivity contribution < 1.29 is 0 Å². The molecule has 0 N–H and O–H groups in total. The van der Waals surface area contributed by atoms with Gasteiger partial charge in [-0.3, -0.25) is 9.36 Å². The van der Waals surface area contributed by atoms with Gasteiger partial charge in [-0.05, 0) is 55.0 Å². The molecule has 0 saturated carbocycles. The summed E-state index contributed by atoms with van der Waals surface area (Å²) in [6.45, 7) is 2.14. The van der Waals surface area contributed by atoms with Crippen LogP contribution >= 0.6 is 0 Å². The molecule has 0 bridgehead atoms. The minimum Gasteiger partial charge on any atom is -0.357 e. The average Bonchev–Trinajstić information content (AvgIpc) is 3.22. The van der Waals surface area contributed by atoms with Crippen molar-refractivity contribution in [3.63, 3.8) is 0 Å². The Kier molecular flexibility index (Phi) is 4.82. The van der Waals surface area contributed by atoms with Gasteiger partial charge in [0.2, 0.25) is 0 Å². The standard InChI is InChI=1S/C22H23N3O/c26-22-16-19(9-8-18-6-2-1-3-7-18)12-15-25(22)20-10-11-21(23-17-20)24-13-4-5-14-24/h1-3,6-7,10-12,15-17H,4-5,8-9,13-14H2. The first-order chi connectivity index (χ1) is 12.8. The van der Waals surface area contributed by atoms with Crippen LogP contribution in [-0.4, -0.2) is 22.6 Å². The molecule has 0 spiro atoms. The number of hydrogen-bond acceptors (Lipinski definition) is 3. The molecular formula is C22H23N3O. The molecule has 0 atom stereocenters. The second kappa shape index (κ2) is 7.56. The van der Waals surface area contributed by atoms with Gasteiger partial charge >= 0.3 is 0 Å². The number of anilines is 1. The monoisotopic (exact) mass is 345 g/mol. The van der Waals surface area contributed by atoms with E-state index in [1.807, 2.05) is 42.6 Å². The highest BCUT2D eigenvalue weighted by molar-refractivity contribution is 5.44.